The SMILES string of the molecule is COc1ccc(S(=O)(=O)Nc2ccccc2N2CCCC2=O)cc1NC(C)=O. The van der Waals surface area contributed by atoms with Gasteiger partial charge in [0.05, 0.1) is 29.1 Å². The molecule has 8 nitrogen and oxygen atoms in total. The van der Waals surface area contributed by atoms with E-state index in [0.29, 0.717) is 30.1 Å². The Morgan fingerprint density at radius 3 is 2.54 bits per heavy atom. The highest BCUT2D eigenvalue weighted by Crippen LogP contribution is 2.32. The number of amides is 2. The monoisotopic (exact) mass is 403 g/mol. The summed E-state index contributed by atoms with van der Waals surface area (Å²) in [6.45, 7) is 1.87. The van der Waals surface area contributed by atoms with Crippen molar-refractivity contribution in [3.63, 3.8) is 0 Å². The number of methoxy groups -OCH3 is 1. The third-order valence-electron chi connectivity index (χ3n) is 4.30. The number of hydrogen-bond donors (Lipinski definition) is 2. The minimum Gasteiger partial charge on any atom is -0.495 e. The zero-order valence-corrected chi connectivity index (χ0v) is 16.4. The Hall–Kier alpha value is -3.07. The lowest BCUT2D eigenvalue weighted by molar-refractivity contribution is -0.117. The van der Waals surface area contributed by atoms with Crippen molar-refractivity contribution in [1.29, 1.82) is 0 Å². The zero-order valence-electron chi connectivity index (χ0n) is 15.6. The van der Waals surface area contributed by atoms with Gasteiger partial charge < -0.3 is 15.0 Å². The molecule has 0 bridgehead atoms. The van der Waals surface area contributed by atoms with Gasteiger partial charge in [0.15, 0.2) is 0 Å². The second-order valence-corrected chi connectivity index (χ2v) is 8.00. The molecule has 2 aromatic carbocycles. The topological polar surface area (TPSA) is 105 Å². The van der Waals surface area contributed by atoms with E-state index < -0.39 is 10.0 Å². The highest BCUT2D eigenvalue weighted by atomic mass is 32.2. The molecule has 3 rings (SSSR count). The van der Waals surface area contributed by atoms with Crippen LogP contribution in [0.1, 0.15) is 19.8 Å². The summed E-state index contributed by atoms with van der Waals surface area (Å²) in [4.78, 5) is 25.0. The molecule has 148 valence electrons. The third kappa shape index (κ3) is 4.09. The van der Waals surface area contributed by atoms with Crippen molar-refractivity contribution in [2.45, 2.75) is 24.7 Å². The van der Waals surface area contributed by atoms with Crippen LogP contribution >= 0.6 is 0 Å². The molecule has 0 spiro atoms. The maximum absolute atomic E-state index is 12.9. The molecule has 0 aromatic heterocycles. The predicted octanol–water partition coefficient (Wildman–Crippen LogP) is 2.58. The van der Waals surface area contributed by atoms with Crippen LogP contribution in [-0.4, -0.2) is 33.9 Å². The average molecular weight is 403 g/mol. The van der Waals surface area contributed by atoms with E-state index in [9.17, 15) is 18.0 Å². The molecular formula is C19H21N3O5S. The van der Waals surface area contributed by atoms with E-state index in [1.165, 1.54) is 32.2 Å². The van der Waals surface area contributed by atoms with Crippen LogP contribution in [-0.2, 0) is 19.6 Å². The Morgan fingerprint density at radius 1 is 1.14 bits per heavy atom. The molecule has 0 aliphatic carbocycles. The molecular weight excluding hydrogens is 382 g/mol. The zero-order chi connectivity index (χ0) is 20.3. The maximum Gasteiger partial charge on any atom is 0.262 e. The molecule has 2 N–H and O–H groups in total. The normalized spacial score (nSPS) is 14.1. The van der Waals surface area contributed by atoms with Crippen LogP contribution in [0.5, 0.6) is 5.75 Å². The first-order valence-electron chi connectivity index (χ1n) is 8.69. The minimum atomic E-state index is -3.96. The summed E-state index contributed by atoms with van der Waals surface area (Å²) in [5.74, 6) is -0.0417. The smallest absolute Gasteiger partial charge is 0.262 e. The van der Waals surface area contributed by atoms with E-state index in [1.54, 1.807) is 29.2 Å². The highest BCUT2D eigenvalue weighted by molar-refractivity contribution is 7.92. The number of hydrogen-bond acceptors (Lipinski definition) is 5. The molecule has 1 aliphatic rings. The number of benzene rings is 2. The molecule has 1 fully saturated rings. The first-order valence-corrected chi connectivity index (χ1v) is 10.2. The number of ether oxygens (including phenoxy) is 1. The van der Waals surface area contributed by atoms with Gasteiger partial charge in [-0.2, -0.15) is 0 Å². The first-order chi connectivity index (χ1) is 13.3. The number of para-hydroxylation sites is 2. The lowest BCUT2D eigenvalue weighted by atomic mass is 10.2. The third-order valence-corrected chi connectivity index (χ3v) is 5.67. The van der Waals surface area contributed by atoms with E-state index in [2.05, 4.69) is 10.0 Å². The molecule has 0 unspecified atom stereocenters. The number of carbonyl (C=O) groups is 2. The largest absolute Gasteiger partial charge is 0.495 e. The molecule has 0 saturated carbocycles. The van der Waals surface area contributed by atoms with Gasteiger partial charge in [-0.25, -0.2) is 8.42 Å². The van der Waals surface area contributed by atoms with Crippen LogP contribution in [0.15, 0.2) is 47.4 Å². The van der Waals surface area contributed by atoms with Crippen LogP contribution in [0.3, 0.4) is 0 Å². The van der Waals surface area contributed by atoms with Gasteiger partial charge in [-0.05, 0) is 36.8 Å². The lowest BCUT2D eigenvalue weighted by Crippen LogP contribution is -2.25. The number of nitrogens with zero attached hydrogens (tertiary/aromatic N) is 1. The van der Waals surface area contributed by atoms with Gasteiger partial charge >= 0.3 is 0 Å². The molecule has 2 aromatic rings. The van der Waals surface area contributed by atoms with E-state index in [1.807, 2.05) is 0 Å². The number of anilines is 3. The molecule has 9 heteroatoms. The Bertz CT molecular complexity index is 1020. The number of nitrogens with one attached hydrogen (secondary N) is 2. The van der Waals surface area contributed by atoms with Gasteiger partial charge in [0.1, 0.15) is 5.75 Å². The highest BCUT2D eigenvalue weighted by Gasteiger charge is 2.25. The summed E-state index contributed by atoms with van der Waals surface area (Å²) in [7, 11) is -2.53. The lowest BCUT2D eigenvalue weighted by Gasteiger charge is -2.20. The first kappa shape index (κ1) is 19.7. The fourth-order valence-corrected chi connectivity index (χ4v) is 4.14. The van der Waals surface area contributed by atoms with E-state index >= 15 is 0 Å². The maximum atomic E-state index is 12.9. The van der Waals surface area contributed by atoms with Crippen molar-refractivity contribution in [3.05, 3.63) is 42.5 Å². The fraction of sp³-hybridized carbons (Fsp3) is 0.263. The van der Waals surface area contributed by atoms with Crippen molar-refractivity contribution < 1.29 is 22.7 Å². The Labute approximate surface area is 163 Å². The van der Waals surface area contributed by atoms with Crippen molar-refractivity contribution in [1.82, 2.24) is 0 Å². The minimum absolute atomic E-state index is 0.0379. The standard InChI is InChI=1S/C19H21N3O5S/c1-13(23)20-16-12-14(9-10-18(16)27-2)28(25,26)21-15-6-3-4-7-17(15)22-11-5-8-19(22)24/h3-4,6-7,9-10,12,21H,5,8,11H2,1-2H3,(H,20,23). The Morgan fingerprint density at radius 2 is 1.89 bits per heavy atom. The van der Waals surface area contributed by atoms with Crippen LogP contribution in [0.2, 0.25) is 0 Å². The average Bonchev–Trinajstić information content (AvgIpc) is 3.07. The Kier molecular flexibility index (Phi) is 5.55. The van der Waals surface area contributed by atoms with Crippen LogP contribution in [0.25, 0.3) is 0 Å². The van der Waals surface area contributed by atoms with Crippen molar-refractivity contribution in [2.24, 2.45) is 0 Å². The van der Waals surface area contributed by atoms with Gasteiger partial charge in [-0.3, -0.25) is 14.3 Å². The van der Waals surface area contributed by atoms with E-state index in [4.69, 9.17) is 4.74 Å². The molecule has 1 heterocycles. The van der Waals surface area contributed by atoms with Crippen LogP contribution in [0, 0.1) is 0 Å². The van der Waals surface area contributed by atoms with E-state index in [-0.39, 0.29) is 22.4 Å². The summed E-state index contributed by atoms with van der Waals surface area (Å²) in [5.41, 5.74) is 1.08. The predicted molar refractivity (Wildman–Crippen MR) is 106 cm³/mol. The van der Waals surface area contributed by atoms with Crippen molar-refractivity contribution >= 4 is 38.9 Å². The van der Waals surface area contributed by atoms with Gasteiger partial charge in [0.25, 0.3) is 10.0 Å². The molecule has 28 heavy (non-hydrogen) atoms. The van der Waals surface area contributed by atoms with Gasteiger partial charge in [0, 0.05) is 19.9 Å². The summed E-state index contributed by atoms with van der Waals surface area (Å²) < 4.78 is 33.5. The van der Waals surface area contributed by atoms with Crippen LogP contribution < -0.4 is 19.7 Å². The van der Waals surface area contributed by atoms with Gasteiger partial charge in [-0.1, -0.05) is 12.1 Å². The Balaban J connectivity index is 1.95. The second kappa shape index (κ2) is 7.89. The molecule has 0 radical (unpaired) electrons. The summed E-state index contributed by atoms with van der Waals surface area (Å²) in [6.07, 6.45) is 1.18. The second-order valence-electron chi connectivity index (χ2n) is 6.31. The summed E-state index contributed by atoms with van der Waals surface area (Å²) in [6, 6.07) is 10.9. The van der Waals surface area contributed by atoms with Crippen LogP contribution in [0.4, 0.5) is 17.1 Å². The summed E-state index contributed by atoms with van der Waals surface area (Å²) >= 11 is 0. The molecule has 2 amide bonds. The molecule has 1 saturated heterocycles. The van der Waals surface area contributed by atoms with Crippen molar-refractivity contribution in [3.8, 4) is 5.75 Å². The summed E-state index contributed by atoms with van der Waals surface area (Å²) in [5, 5.41) is 2.55. The van der Waals surface area contributed by atoms with Crippen molar-refractivity contribution in [2.75, 3.05) is 28.6 Å². The number of sulfonamides is 1. The number of rotatable bonds is 6. The van der Waals surface area contributed by atoms with Gasteiger partial charge in [-0.15, -0.1) is 0 Å². The number of carbonyl (C=O) groups excluding carboxylic acids is 2. The molecule has 1 aliphatic heterocycles. The van der Waals surface area contributed by atoms with Gasteiger partial charge in [0.2, 0.25) is 11.8 Å². The molecule has 0 atom stereocenters. The fourth-order valence-electron chi connectivity index (χ4n) is 3.04. The quantitative estimate of drug-likeness (QED) is 0.771. The van der Waals surface area contributed by atoms with E-state index in [0.717, 1.165) is 6.42 Å².